The summed E-state index contributed by atoms with van der Waals surface area (Å²) in [5.41, 5.74) is 3.77. The molecule has 3 aromatic heterocycles. The number of carbonyl (C=O) groups is 2. The van der Waals surface area contributed by atoms with E-state index >= 15 is 0 Å². The number of pyridine rings is 1. The molecular weight excluding hydrogens is 392 g/mol. The molecule has 0 spiro atoms. The Bertz CT molecular complexity index is 1220. The number of H-pyrrole nitrogens is 1. The van der Waals surface area contributed by atoms with Gasteiger partial charge in [-0.2, -0.15) is 0 Å². The third kappa shape index (κ3) is 4.21. The summed E-state index contributed by atoms with van der Waals surface area (Å²) in [5, 5.41) is 6.43. The second-order valence-electron chi connectivity index (χ2n) is 7.69. The van der Waals surface area contributed by atoms with E-state index in [-0.39, 0.29) is 17.6 Å². The number of nitrogens with zero attached hydrogens (tertiary/aromatic N) is 1. The summed E-state index contributed by atoms with van der Waals surface area (Å²) in [6.07, 6.45) is 3.70. The maximum atomic E-state index is 12.5. The highest BCUT2D eigenvalue weighted by atomic mass is 16.4. The summed E-state index contributed by atoms with van der Waals surface area (Å²) in [6.45, 7) is 3.74. The summed E-state index contributed by atoms with van der Waals surface area (Å²) >= 11 is 0. The number of aromatic amines is 1. The van der Waals surface area contributed by atoms with Gasteiger partial charge in [-0.25, -0.2) is 0 Å². The van der Waals surface area contributed by atoms with Crippen LogP contribution in [0.25, 0.3) is 33.5 Å². The fourth-order valence-electron chi connectivity index (χ4n) is 3.44. The first-order valence-corrected chi connectivity index (χ1v) is 10.1. The highest BCUT2D eigenvalue weighted by Crippen LogP contribution is 2.26. The SMILES string of the molecule is CNC(=O)C(NC(=O)c1ccc(-c2ccc(-c3ccc4[nH]ccc4c3)cn2)o1)C(C)C. The molecule has 0 saturated heterocycles. The zero-order valence-corrected chi connectivity index (χ0v) is 17.6. The molecule has 0 radical (unpaired) electrons. The molecule has 3 heterocycles. The lowest BCUT2D eigenvalue weighted by molar-refractivity contribution is -0.123. The molecule has 1 unspecified atom stereocenters. The van der Waals surface area contributed by atoms with Gasteiger partial charge in [-0.1, -0.05) is 26.0 Å². The molecular formula is C24H24N4O3. The first kappa shape index (κ1) is 20.4. The van der Waals surface area contributed by atoms with Crippen molar-refractivity contribution in [3.05, 3.63) is 66.7 Å². The van der Waals surface area contributed by atoms with Crippen LogP contribution in [-0.4, -0.2) is 34.9 Å². The molecule has 0 fully saturated rings. The largest absolute Gasteiger partial charge is 0.449 e. The second kappa shape index (κ2) is 8.47. The van der Waals surface area contributed by atoms with Crippen molar-refractivity contribution in [3.8, 4) is 22.6 Å². The molecule has 3 N–H and O–H groups in total. The van der Waals surface area contributed by atoms with Crippen LogP contribution in [-0.2, 0) is 4.79 Å². The maximum absolute atomic E-state index is 12.5. The van der Waals surface area contributed by atoms with Crippen molar-refractivity contribution >= 4 is 22.7 Å². The number of carbonyl (C=O) groups excluding carboxylic acids is 2. The zero-order valence-electron chi connectivity index (χ0n) is 17.6. The molecule has 158 valence electrons. The molecule has 4 aromatic rings. The van der Waals surface area contributed by atoms with Gasteiger partial charge in [0, 0.05) is 30.5 Å². The maximum Gasteiger partial charge on any atom is 0.287 e. The molecule has 1 atom stereocenters. The Hall–Kier alpha value is -3.87. The fraction of sp³-hybridized carbons (Fsp3) is 0.208. The van der Waals surface area contributed by atoms with Crippen molar-refractivity contribution < 1.29 is 14.0 Å². The summed E-state index contributed by atoms with van der Waals surface area (Å²) in [6, 6.07) is 14.7. The zero-order chi connectivity index (χ0) is 22.0. The molecule has 7 heteroatoms. The number of hydrogen-bond donors (Lipinski definition) is 3. The van der Waals surface area contributed by atoms with Crippen LogP contribution in [0.4, 0.5) is 0 Å². The smallest absolute Gasteiger partial charge is 0.287 e. The molecule has 0 aliphatic heterocycles. The predicted molar refractivity (Wildman–Crippen MR) is 119 cm³/mol. The average Bonchev–Trinajstić information content (AvgIpc) is 3.46. The Kier molecular flexibility index (Phi) is 5.58. The number of benzene rings is 1. The van der Waals surface area contributed by atoms with E-state index in [0.29, 0.717) is 11.5 Å². The van der Waals surface area contributed by atoms with Gasteiger partial charge in [-0.05, 0) is 53.3 Å². The van der Waals surface area contributed by atoms with E-state index < -0.39 is 11.9 Å². The van der Waals surface area contributed by atoms with Gasteiger partial charge >= 0.3 is 0 Å². The molecule has 0 aliphatic rings. The molecule has 2 amide bonds. The third-order valence-corrected chi connectivity index (χ3v) is 5.21. The number of hydrogen-bond acceptors (Lipinski definition) is 4. The van der Waals surface area contributed by atoms with Crippen LogP contribution >= 0.6 is 0 Å². The van der Waals surface area contributed by atoms with Crippen LogP contribution in [0.1, 0.15) is 24.4 Å². The minimum atomic E-state index is -0.638. The third-order valence-electron chi connectivity index (χ3n) is 5.21. The first-order valence-electron chi connectivity index (χ1n) is 10.1. The molecule has 1 aromatic carbocycles. The highest BCUT2D eigenvalue weighted by molar-refractivity contribution is 5.96. The number of fused-ring (bicyclic) bond motifs is 1. The number of nitrogens with one attached hydrogen (secondary N) is 3. The number of rotatable bonds is 6. The second-order valence-corrected chi connectivity index (χ2v) is 7.69. The highest BCUT2D eigenvalue weighted by Gasteiger charge is 2.25. The van der Waals surface area contributed by atoms with Crippen molar-refractivity contribution in [1.29, 1.82) is 0 Å². The van der Waals surface area contributed by atoms with Gasteiger partial charge in [0.2, 0.25) is 5.91 Å². The van der Waals surface area contributed by atoms with Gasteiger partial charge in [0.1, 0.15) is 11.7 Å². The van der Waals surface area contributed by atoms with E-state index in [0.717, 1.165) is 22.0 Å². The van der Waals surface area contributed by atoms with Crippen LogP contribution in [0.2, 0.25) is 0 Å². The van der Waals surface area contributed by atoms with Crippen LogP contribution in [0.3, 0.4) is 0 Å². The predicted octanol–water partition coefficient (Wildman–Crippen LogP) is 3.99. The summed E-state index contributed by atoms with van der Waals surface area (Å²) in [4.78, 5) is 32.2. The van der Waals surface area contributed by atoms with E-state index in [1.165, 1.54) is 0 Å². The Morgan fingerprint density at radius 3 is 2.55 bits per heavy atom. The monoisotopic (exact) mass is 416 g/mol. The summed E-state index contributed by atoms with van der Waals surface area (Å²) < 4.78 is 5.71. The van der Waals surface area contributed by atoms with E-state index in [1.807, 2.05) is 50.4 Å². The van der Waals surface area contributed by atoms with Crippen molar-refractivity contribution in [1.82, 2.24) is 20.6 Å². The van der Waals surface area contributed by atoms with Crippen molar-refractivity contribution in [2.45, 2.75) is 19.9 Å². The topological polar surface area (TPSA) is 100 Å². The number of amides is 2. The lowest BCUT2D eigenvalue weighted by Gasteiger charge is -2.19. The van der Waals surface area contributed by atoms with E-state index in [1.54, 1.807) is 25.4 Å². The lowest BCUT2D eigenvalue weighted by Crippen LogP contribution is -2.48. The Labute approximate surface area is 179 Å². The first-order chi connectivity index (χ1) is 15.0. The van der Waals surface area contributed by atoms with Gasteiger partial charge in [0.15, 0.2) is 11.5 Å². The molecule has 7 nitrogen and oxygen atoms in total. The fourth-order valence-corrected chi connectivity index (χ4v) is 3.44. The van der Waals surface area contributed by atoms with E-state index in [2.05, 4.69) is 26.7 Å². The van der Waals surface area contributed by atoms with Gasteiger partial charge in [-0.15, -0.1) is 0 Å². The summed E-state index contributed by atoms with van der Waals surface area (Å²) in [7, 11) is 1.54. The Morgan fingerprint density at radius 1 is 1.03 bits per heavy atom. The van der Waals surface area contributed by atoms with Crippen molar-refractivity contribution in [3.63, 3.8) is 0 Å². The van der Waals surface area contributed by atoms with Crippen LogP contribution in [0.5, 0.6) is 0 Å². The van der Waals surface area contributed by atoms with Gasteiger partial charge < -0.3 is 20.0 Å². The van der Waals surface area contributed by atoms with E-state index in [4.69, 9.17) is 4.42 Å². The molecule has 31 heavy (non-hydrogen) atoms. The Morgan fingerprint density at radius 2 is 1.84 bits per heavy atom. The van der Waals surface area contributed by atoms with Crippen molar-refractivity contribution in [2.24, 2.45) is 5.92 Å². The van der Waals surface area contributed by atoms with Crippen LogP contribution in [0.15, 0.2) is 65.3 Å². The standard InChI is InChI=1S/C24H24N4O3/c1-14(2)22(24(30)25-3)28-23(29)21-9-8-20(31-21)19-7-5-17(13-27-19)15-4-6-18-16(12-15)10-11-26-18/h4-14,22,26H,1-3H3,(H,25,30)(H,28,29). The lowest BCUT2D eigenvalue weighted by atomic mass is 10.0. The quantitative estimate of drug-likeness (QED) is 0.442. The molecule has 0 aliphatic carbocycles. The Balaban J connectivity index is 1.50. The van der Waals surface area contributed by atoms with Gasteiger partial charge in [0.05, 0.1) is 0 Å². The van der Waals surface area contributed by atoms with Gasteiger partial charge in [-0.3, -0.25) is 14.6 Å². The van der Waals surface area contributed by atoms with Crippen LogP contribution < -0.4 is 10.6 Å². The minimum Gasteiger partial charge on any atom is -0.449 e. The minimum absolute atomic E-state index is 0.0574. The van der Waals surface area contributed by atoms with Crippen LogP contribution in [0, 0.1) is 5.92 Å². The molecule has 0 saturated carbocycles. The number of aromatic nitrogens is 2. The number of furan rings is 1. The van der Waals surface area contributed by atoms with E-state index in [9.17, 15) is 9.59 Å². The average molecular weight is 416 g/mol. The summed E-state index contributed by atoms with van der Waals surface area (Å²) in [5.74, 6) is -0.125. The van der Waals surface area contributed by atoms with Gasteiger partial charge in [0.25, 0.3) is 5.91 Å². The molecule has 4 rings (SSSR count). The number of likely N-dealkylation sites (N-methyl/N-ethyl adjacent to an activating group) is 1. The molecule has 0 bridgehead atoms. The normalized spacial score (nSPS) is 12.1. The van der Waals surface area contributed by atoms with Crippen molar-refractivity contribution in [2.75, 3.05) is 7.05 Å².